The van der Waals surface area contributed by atoms with Crippen molar-refractivity contribution in [3.05, 3.63) is 24.0 Å². The molecule has 1 aliphatic heterocycles. The first kappa shape index (κ1) is 16.7. The van der Waals surface area contributed by atoms with Crippen LogP contribution in [0.1, 0.15) is 39.0 Å². The molecule has 1 atom stereocenters. The molecule has 0 radical (unpaired) electrons. The van der Waals surface area contributed by atoms with Crippen LogP contribution < -0.4 is 15.5 Å². The lowest BCUT2D eigenvalue weighted by molar-refractivity contribution is -0.130. The van der Waals surface area contributed by atoms with E-state index in [1.807, 2.05) is 6.07 Å². The summed E-state index contributed by atoms with van der Waals surface area (Å²) >= 11 is 0. The summed E-state index contributed by atoms with van der Waals surface area (Å²) in [6.45, 7) is 3.35. The second-order valence-electron chi connectivity index (χ2n) is 6.68. The van der Waals surface area contributed by atoms with Crippen molar-refractivity contribution in [2.45, 2.75) is 45.1 Å². The summed E-state index contributed by atoms with van der Waals surface area (Å²) in [6, 6.07) is 4.12. The number of carbonyl (C=O) groups excluding carboxylic acids is 2. The SMILES string of the molecule is CC(NC(=O)C1CCC1)C(=O)Nc1c(F)cccc1N1CCCC1. The van der Waals surface area contributed by atoms with Crippen LogP contribution in [-0.4, -0.2) is 30.9 Å². The lowest BCUT2D eigenvalue weighted by Crippen LogP contribution is -2.45. The van der Waals surface area contributed by atoms with Gasteiger partial charge in [-0.25, -0.2) is 4.39 Å². The first-order chi connectivity index (χ1) is 11.6. The maximum absolute atomic E-state index is 14.3. The van der Waals surface area contributed by atoms with E-state index in [0.717, 1.165) is 45.2 Å². The van der Waals surface area contributed by atoms with Gasteiger partial charge < -0.3 is 15.5 Å². The summed E-state index contributed by atoms with van der Waals surface area (Å²) < 4.78 is 14.3. The maximum Gasteiger partial charge on any atom is 0.246 e. The van der Waals surface area contributed by atoms with Gasteiger partial charge >= 0.3 is 0 Å². The first-order valence-electron chi connectivity index (χ1n) is 8.71. The zero-order valence-electron chi connectivity index (χ0n) is 14.0. The van der Waals surface area contributed by atoms with Gasteiger partial charge in [-0.3, -0.25) is 9.59 Å². The van der Waals surface area contributed by atoms with E-state index in [-0.39, 0.29) is 17.5 Å². The van der Waals surface area contributed by atoms with E-state index in [9.17, 15) is 14.0 Å². The summed E-state index contributed by atoms with van der Waals surface area (Å²) in [5, 5.41) is 5.39. The van der Waals surface area contributed by atoms with Crippen LogP contribution in [0.3, 0.4) is 0 Å². The van der Waals surface area contributed by atoms with E-state index >= 15 is 0 Å². The van der Waals surface area contributed by atoms with E-state index < -0.39 is 17.8 Å². The molecular formula is C18H24FN3O2. The van der Waals surface area contributed by atoms with Gasteiger partial charge in [0.15, 0.2) is 0 Å². The minimum absolute atomic E-state index is 0.0221. The van der Waals surface area contributed by atoms with E-state index in [2.05, 4.69) is 15.5 Å². The smallest absolute Gasteiger partial charge is 0.246 e. The van der Waals surface area contributed by atoms with Crippen molar-refractivity contribution < 1.29 is 14.0 Å². The van der Waals surface area contributed by atoms with Crippen LogP contribution in [0.2, 0.25) is 0 Å². The van der Waals surface area contributed by atoms with Crippen molar-refractivity contribution in [1.29, 1.82) is 0 Å². The highest BCUT2D eigenvalue weighted by Gasteiger charge is 2.28. The molecule has 1 heterocycles. The molecular weight excluding hydrogens is 309 g/mol. The molecule has 2 fully saturated rings. The number of hydrogen-bond acceptors (Lipinski definition) is 3. The van der Waals surface area contributed by atoms with Gasteiger partial charge in [0.1, 0.15) is 17.5 Å². The molecule has 2 aliphatic rings. The third-order valence-corrected chi connectivity index (χ3v) is 4.91. The molecule has 0 spiro atoms. The van der Waals surface area contributed by atoms with E-state index in [4.69, 9.17) is 0 Å². The summed E-state index contributed by atoms with van der Waals surface area (Å²) in [7, 11) is 0. The molecule has 6 heteroatoms. The van der Waals surface area contributed by atoms with Gasteiger partial charge in [-0.05, 0) is 44.7 Å². The van der Waals surface area contributed by atoms with Crippen LogP contribution in [0, 0.1) is 11.7 Å². The fourth-order valence-corrected chi connectivity index (χ4v) is 3.16. The van der Waals surface area contributed by atoms with Crippen LogP contribution in [0.4, 0.5) is 15.8 Å². The molecule has 2 amide bonds. The topological polar surface area (TPSA) is 61.4 Å². The molecule has 1 unspecified atom stereocenters. The van der Waals surface area contributed by atoms with Crippen LogP contribution >= 0.6 is 0 Å². The van der Waals surface area contributed by atoms with Gasteiger partial charge in [0.2, 0.25) is 11.8 Å². The minimum atomic E-state index is -0.691. The lowest BCUT2D eigenvalue weighted by Gasteiger charge is -2.26. The Morgan fingerprint density at radius 1 is 1.21 bits per heavy atom. The number of nitrogens with zero attached hydrogens (tertiary/aromatic N) is 1. The molecule has 1 aliphatic carbocycles. The second-order valence-corrected chi connectivity index (χ2v) is 6.68. The third-order valence-electron chi connectivity index (χ3n) is 4.91. The Morgan fingerprint density at radius 3 is 2.54 bits per heavy atom. The molecule has 0 aromatic heterocycles. The number of benzene rings is 1. The summed E-state index contributed by atoms with van der Waals surface area (Å²) in [5.74, 6) is -0.912. The number of rotatable bonds is 5. The van der Waals surface area contributed by atoms with Crippen molar-refractivity contribution in [3.8, 4) is 0 Å². The number of anilines is 2. The first-order valence-corrected chi connectivity index (χ1v) is 8.71. The Kier molecular flexibility index (Phi) is 5.02. The Morgan fingerprint density at radius 2 is 1.92 bits per heavy atom. The molecule has 1 aromatic carbocycles. The molecule has 5 nitrogen and oxygen atoms in total. The molecule has 1 aromatic rings. The maximum atomic E-state index is 14.3. The van der Waals surface area contributed by atoms with Crippen molar-refractivity contribution in [3.63, 3.8) is 0 Å². The molecule has 3 rings (SSSR count). The van der Waals surface area contributed by atoms with Gasteiger partial charge in [0, 0.05) is 19.0 Å². The number of para-hydroxylation sites is 1. The summed E-state index contributed by atoms with van der Waals surface area (Å²) in [4.78, 5) is 26.4. The molecule has 1 saturated carbocycles. The third kappa shape index (κ3) is 3.52. The van der Waals surface area contributed by atoms with Gasteiger partial charge in [0.05, 0.1) is 5.69 Å². The molecule has 2 N–H and O–H groups in total. The Bertz CT molecular complexity index is 625. The second kappa shape index (κ2) is 7.20. The van der Waals surface area contributed by atoms with Gasteiger partial charge in [0.25, 0.3) is 0 Å². The van der Waals surface area contributed by atoms with Crippen molar-refractivity contribution in [1.82, 2.24) is 5.32 Å². The molecule has 130 valence electrons. The van der Waals surface area contributed by atoms with Gasteiger partial charge in [-0.2, -0.15) is 0 Å². The Hall–Kier alpha value is -2.11. The molecule has 1 saturated heterocycles. The largest absolute Gasteiger partial charge is 0.370 e. The standard InChI is InChI=1S/C18H24FN3O2/c1-12(20-18(24)13-6-4-7-13)17(23)21-16-14(19)8-5-9-15(16)22-10-2-3-11-22/h5,8-9,12-13H,2-4,6-7,10-11H2,1H3,(H,20,24)(H,21,23). The fourth-order valence-electron chi connectivity index (χ4n) is 3.16. The summed E-state index contributed by atoms with van der Waals surface area (Å²) in [6.07, 6.45) is 4.96. The number of halogens is 1. The number of hydrogen-bond donors (Lipinski definition) is 2. The highest BCUT2D eigenvalue weighted by Crippen LogP contribution is 2.31. The lowest BCUT2D eigenvalue weighted by atomic mass is 9.84. The van der Waals surface area contributed by atoms with Gasteiger partial charge in [-0.1, -0.05) is 12.5 Å². The Balaban J connectivity index is 1.68. The normalized spacial score (nSPS) is 18.8. The number of amides is 2. The van der Waals surface area contributed by atoms with Crippen LogP contribution in [0.25, 0.3) is 0 Å². The van der Waals surface area contributed by atoms with E-state index in [1.54, 1.807) is 13.0 Å². The van der Waals surface area contributed by atoms with Crippen LogP contribution in [0.5, 0.6) is 0 Å². The van der Waals surface area contributed by atoms with Crippen LogP contribution in [-0.2, 0) is 9.59 Å². The van der Waals surface area contributed by atoms with Crippen molar-refractivity contribution >= 4 is 23.2 Å². The quantitative estimate of drug-likeness (QED) is 0.871. The predicted octanol–water partition coefficient (Wildman–Crippen LogP) is 2.67. The van der Waals surface area contributed by atoms with Crippen LogP contribution in [0.15, 0.2) is 18.2 Å². The Labute approximate surface area is 141 Å². The minimum Gasteiger partial charge on any atom is -0.370 e. The number of nitrogens with one attached hydrogen (secondary N) is 2. The van der Waals surface area contributed by atoms with E-state index in [0.29, 0.717) is 5.69 Å². The average molecular weight is 333 g/mol. The number of carbonyl (C=O) groups is 2. The molecule has 0 bridgehead atoms. The summed E-state index contributed by atoms with van der Waals surface area (Å²) in [5.41, 5.74) is 0.910. The van der Waals surface area contributed by atoms with Gasteiger partial charge in [-0.15, -0.1) is 0 Å². The highest BCUT2D eigenvalue weighted by atomic mass is 19.1. The predicted molar refractivity (Wildman–Crippen MR) is 91.4 cm³/mol. The zero-order valence-corrected chi connectivity index (χ0v) is 14.0. The average Bonchev–Trinajstić information content (AvgIpc) is 3.01. The zero-order chi connectivity index (χ0) is 17.1. The van der Waals surface area contributed by atoms with Crippen molar-refractivity contribution in [2.24, 2.45) is 5.92 Å². The fraction of sp³-hybridized carbons (Fsp3) is 0.556. The molecule has 24 heavy (non-hydrogen) atoms. The van der Waals surface area contributed by atoms with Crippen molar-refractivity contribution in [2.75, 3.05) is 23.3 Å². The van der Waals surface area contributed by atoms with E-state index in [1.165, 1.54) is 6.07 Å². The monoisotopic (exact) mass is 333 g/mol. The highest BCUT2D eigenvalue weighted by molar-refractivity contribution is 5.99.